The SMILES string of the molecule is Cc1nc2n(n1)CC(NC(=O)NC1(C3CCCO3)CCC1)CC2. The molecular weight excluding hydrogens is 294 g/mol. The van der Waals surface area contributed by atoms with Crippen molar-refractivity contribution >= 4 is 6.03 Å². The van der Waals surface area contributed by atoms with Crippen LogP contribution in [0.3, 0.4) is 0 Å². The Kier molecular flexibility index (Phi) is 3.75. The third kappa shape index (κ3) is 2.82. The summed E-state index contributed by atoms with van der Waals surface area (Å²) >= 11 is 0. The Morgan fingerprint density at radius 2 is 2.22 bits per heavy atom. The van der Waals surface area contributed by atoms with Crippen LogP contribution in [0, 0.1) is 6.92 Å². The fraction of sp³-hybridized carbons (Fsp3) is 0.812. The van der Waals surface area contributed by atoms with E-state index in [1.807, 2.05) is 11.6 Å². The zero-order valence-electron chi connectivity index (χ0n) is 13.7. The van der Waals surface area contributed by atoms with Crippen molar-refractivity contribution in [1.29, 1.82) is 0 Å². The third-order valence-electron chi connectivity index (χ3n) is 5.45. The van der Waals surface area contributed by atoms with Crippen LogP contribution in [-0.2, 0) is 17.7 Å². The van der Waals surface area contributed by atoms with E-state index in [1.165, 1.54) is 6.42 Å². The number of nitrogens with zero attached hydrogens (tertiary/aromatic N) is 3. The first-order valence-electron chi connectivity index (χ1n) is 8.75. The standard InChI is InChI=1S/C16H25N5O2/c1-11-17-14-6-5-12(10-21(14)20-11)18-15(22)19-16(7-3-8-16)13-4-2-9-23-13/h12-13H,2-10H2,1H3,(H2,18,19,22). The van der Waals surface area contributed by atoms with Crippen LogP contribution in [0.15, 0.2) is 0 Å². The van der Waals surface area contributed by atoms with Crippen molar-refractivity contribution in [3.8, 4) is 0 Å². The number of hydrogen-bond donors (Lipinski definition) is 2. The summed E-state index contributed by atoms with van der Waals surface area (Å²) in [6.45, 7) is 3.44. The molecule has 2 atom stereocenters. The second-order valence-electron chi connectivity index (χ2n) is 7.10. The van der Waals surface area contributed by atoms with Gasteiger partial charge in [0.25, 0.3) is 0 Å². The molecule has 1 aliphatic carbocycles. The summed E-state index contributed by atoms with van der Waals surface area (Å²) in [6, 6.07) is 0.0516. The molecule has 0 radical (unpaired) electrons. The van der Waals surface area contributed by atoms with Crippen LogP contribution in [-0.4, -0.2) is 45.1 Å². The molecule has 2 unspecified atom stereocenters. The predicted octanol–water partition coefficient (Wildman–Crippen LogP) is 1.30. The lowest BCUT2D eigenvalue weighted by molar-refractivity contribution is -0.00687. The first kappa shape index (κ1) is 14.9. The molecule has 1 aromatic rings. The molecule has 0 aromatic carbocycles. The Morgan fingerprint density at radius 3 is 2.91 bits per heavy atom. The second-order valence-corrected chi connectivity index (χ2v) is 7.10. The predicted molar refractivity (Wildman–Crippen MR) is 84.1 cm³/mol. The molecule has 1 saturated heterocycles. The highest BCUT2D eigenvalue weighted by molar-refractivity contribution is 5.75. The molecule has 7 nitrogen and oxygen atoms in total. The van der Waals surface area contributed by atoms with E-state index in [2.05, 4.69) is 20.7 Å². The van der Waals surface area contributed by atoms with Gasteiger partial charge in [-0.1, -0.05) is 0 Å². The summed E-state index contributed by atoms with van der Waals surface area (Å²) in [7, 11) is 0. The van der Waals surface area contributed by atoms with E-state index < -0.39 is 0 Å². The van der Waals surface area contributed by atoms with Crippen molar-refractivity contribution in [2.75, 3.05) is 6.61 Å². The molecule has 2 aliphatic heterocycles. The van der Waals surface area contributed by atoms with Crippen LogP contribution >= 0.6 is 0 Å². The third-order valence-corrected chi connectivity index (χ3v) is 5.45. The van der Waals surface area contributed by atoms with Gasteiger partial charge in [-0.2, -0.15) is 5.10 Å². The Bertz CT molecular complexity index is 589. The Morgan fingerprint density at radius 1 is 1.35 bits per heavy atom. The zero-order chi connectivity index (χ0) is 15.9. The minimum Gasteiger partial charge on any atom is -0.376 e. The molecular formula is C16H25N5O2. The van der Waals surface area contributed by atoms with Crippen molar-refractivity contribution in [3.05, 3.63) is 11.6 Å². The van der Waals surface area contributed by atoms with E-state index in [4.69, 9.17) is 4.74 Å². The highest BCUT2D eigenvalue weighted by Gasteiger charge is 2.47. The monoisotopic (exact) mass is 319 g/mol. The number of nitrogens with one attached hydrogen (secondary N) is 2. The first-order valence-corrected chi connectivity index (χ1v) is 8.75. The average molecular weight is 319 g/mol. The number of carbonyl (C=O) groups is 1. The molecule has 1 saturated carbocycles. The second kappa shape index (κ2) is 5.78. The van der Waals surface area contributed by atoms with Crippen molar-refractivity contribution in [2.24, 2.45) is 0 Å². The van der Waals surface area contributed by atoms with Crippen LogP contribution < -0.4 is 10.6 Å². The highest BCUT2D eigenvalue weighted by atomic mass is 16.5. The number of fused-ring (bicyclic) bond motifs is 1. The summed E-state index contributed by atoms with van der Waals surface area (Å²) in [6.07, 6.45) is 7.37. The van der Waals surface area contributed by atoms with Crippen molar-refractivity contribution in [3.63, 3.8) is 0 Å². The van der Waals surface area contributed by atoms with Gasteiger partial charge in [0.1, 0.15) is 11.6 Å². The Balaban J connectivity index is 1.35. The van der Waals surface area contributed by atoms with E-state index in [-0.39, 0.29) is 23.7 Å². The van der Waals surface area contributed by atoms with Gasteiger partial charge in [0.2, 0.25) is 0 Å². The van der Waals surface area contributed by atoms with Gasteiger partial charge in [-0.05, 0) is 45.4 Å². The lowest BCUT2D eigenvalue weighted by Crippen LogP contribution is -2.63. The molecule has 2 fully saturated rings. The molecule has 3 aliphatic rings. The summed E-state index contributed by atoms with van der Waals surface area (Å²) in [4.78, 5) is 16.9. The average Bonchev–Trinajstić information content (AvgIpc) is 3.11. The summed E-state index contributed by atoms with van der Waals surface area (Å²) in [5.74, 6) is 1.83. The van der Waals surface area contributed by atoms with E-state index in [0.717, 1.165) is 56.8 Å². The molecule has 23 heavy (non-hydrogen) atoms. The first-order chi connectivity index (χ1) is 11.1. The number of rotatable bonds is 3. The quantitative estimate of drug-likeness (QED) is 0.880. The normalized spacial score (nSPS) is 28.7. The van der Waals surface area contributed by atoms with Gasteiger partial charge in [0, 0.05) is 13.0 Å². The van der Waals surface area contributed by atoms with Gasteiger partial charge in [-0.3, -0.25) is 0 Å². The van der Waals surface area contributed by atoms with Crippen molar-refractivity contribution < 1.29 is 9.53 Å². The van der Waals surface area contributed by atoms with Crippen LogP contribution in [0.4, 0.5) is 4.79 Å². The molecule has 0 spiro atoms. The molecule has 1 aromatic heterocycles. The summed E-state index contributed by atoms with van der Waals surface area (Å²) in [5.41, 5.74) is -0.135. The van der Waals surface area contributed by atoms with Crippen molar-refractivity contribution in [1.82, 2.24) is 25.4 Å². The van der Waals surface area contributed by atoms with Crippen LogP contribution in [0.1, 0.15) is 50.2 Å². The lowest BCUT2D eigenvalue weighted by Gasteiger charge is -2.46. The maximum Gasteiger partial charge on any atom is 0.315 e. The molecule has 2 amide bonds. The number of carbonyl (C=O) groups excluding carboxylic acids is 1. The topological polar surface area (TPSA) is 81.1 Å². The molecule has 2 N–H and O–H groups in total. The minimum absolute atomic E-state index is 0.0644. The smallest absolute Gasteiger partial charge is 0.315 e. The number of urea groups is 1. The summed E-state index contributed by atoms with van der Waals surface area (Å²) in [5, 5.41) is 10.7. The van der Waals surface area contributed by atoms with Crippen LogP contribution in [0.25, 0.3) is 0 Å². The van der Waals surface area contributed by atoms with E-state index >= 15 is 0 Å². The zero-order valence-corrected chi connectivity index (χ0v) is 13.7. The van der Waals surface area contributed by atoms with E-state index in [0.29, 0.717) is 6.54 Å². The van der Waals surface area contributed by atoms with Gasteiger partial charge < -0.3 is 15.4 Å². The van der Waals surface area contributed by atoms with Gasteiger partial charge in [-0.15, -0.1) is 0 Å². The van der Waals surface area contributed by atoms with E-state index in [1.54, 1.807) is 0 Å². The molecule has 3 heterocycles. The number of aromatic nitrogens is 3. The number of aryl methyl sites for hydroxylation is 2. The fourth-order valence-electron chi connectivity index (χ4n) is 4.10. The fourth-order valence-corrected chi connectivity index (χ4v) is 4.10. The largest absolute Gasteiger partial charge is 0.376 e. The molecule has 7 heteroatoms. The Hall–Kier alpha value is -1.63. The lowest BCUT2D eigenvalue weighted by atomic mass is 9.72. The maximum atomic E-state index is 12.5. The van der Waals surface area contributed by atoms with Crippen LogP contribution in [0.5, 0.6) is 0 Å². The molecule has 0 bridgehead atoms. The summed E-state index contributed by atoms with van der Waals surface area (Å²) < 4.78 is 7.76. The van der Waals surface area contributed by atoms with Gasteiger partial charge >= 0.3 is 6.03 Å². The van der Waals surface area contributed by atoms with Gasteiger partial charge in [0.15, 0.2) is 0 Å². The van der Waals surface area contributed by atoms with Gasteiger partial charge in [0.05, 0.1) is 24.2 Å². The van der Waals surface area contributed by atoms with Crippen molar-refractivity contribution in [2.45, 2.75) is 76.1 Å². The Labute approximate surface area is 136 Å². The minimum atomic E-state index is -0.135. The van der Waals surface area contributed by atoms with Gasteiger partial charge in [-0.25, -0.2) is 14.5 Å². The van der Waals surface area contributed by atoms with Crippen LogP contribution in [0.2, 0.25) is 0 Å². The number of ether oxygens (including phenoxy) is 1. The highest BCUT2D eigenvalue weighted by Crippen LogP contribution is 2.40. The molecule has 126 valence electrons. The van der Waals surface area contributed by atoms with E-state index in [9.17, 15) is 4.79 Å². The molecule has 4 rings (SSSR count). The maximum absolute atomic E-state index is 12.5. The number of hydrogen-bond acceptors (Lipinski definition) is 4. The number of amides is 2.